The number of ether oxygens (including phenoxy) is 5. The van der Waals surface area contributed by atoms with E-state index in [9.17, 15) is 61.0 Å². The first-order valence-corrected chi connectivity index (χ1v) is 10.6. The lowest BCUT2D eigenvalue weighted by molar-refractivity contribution is -0.384. The Labute approximate surface area is 196 Å². The smallest absolute Gasteiger partial charge is 0.335 e. The minimum absolute atomic E-state index is 0.816. The lowest BCUT2D eigenvalue weighted by Crippen LogP contribution is -2.67. The van der Waals surface area contributed by atoms with Crippen LogP contribution in [0.15, 0.2) is 0 Å². The number of rotatable bonds is 7. The zero-order valence-corrected chi connectivity index (χ0v) is 17.9. The second-order valence-corrected chi connectivity index (χ2v) is 8.37. The molecular formula is C18H30O17. The molecule has 0 aromatic rings. The molecule has 0 bridgehead atoms. The highest BCUT2D eigenvalue weighted by atomic mass is 16.8. The van der Waals surface area contributed by atoms with Crippen molar-refractivity contribution in [2.75, 3.05) is 13.2 Å². The van der Waals surface area contributed by atoms with Gasteiger partial charge in [-0.2, -0.15) is 0 Å². The monoisotopic (exact) mass is 518 g/mol. The van der Waals surface area contributed by atoms with Crippen molar-refractivity contribution in [1.29, 1.82) is 0 Å². The van der Waals surface area contributed by atoms with E-state index in [-0.39, 0.29) is 0 Å². The Morgan fingerprint density at radius 2 is 1.03 bits per heavy atom. The molecule has 15 atom stereocenters. The maximum Gasteiger partial charge on any atom is 0.335 e. The van der Waals surface area contributed by atoms with E-state index in [2.05, 4.69) is 0 Å². The Kier molecular flexibility index (Phi) is 9.35. The van der Waals surface area contributed by atoms with Crippen molar-refractivity contribution in [1.82, 2.24) is 0 Å². The summed E-state index contributed by atoms with van der Waals surface area (Å²) in [6.45, 7) is -1.64. The molecule has 35 heavy (non-hydrogen) atoms. The third-order valence-electron chi connectivity index (χ3n) is 6.06. The van der Waals surface area contributed by atoms with Gasteiger partial charge in [0.25, 0.3) is 0 Å². The first-order valence-electron chi connectivity index (χ1n) is 10.6. The van der Waals surface area contributed by atoms with E-state index in [1.54, 1.807) is 0 Å². The molecule has 0 aromatic carbocycles. The summed E-state index contributed by atoms with van der Waals surface area (Å²) < 4.78 is 26.0. The lowest BCUT2D eigenvalue weighted by atomic mass is 9.96. The molecule has 3 rings (SSSR count). The van der Waals surface area contributed by atoms with Crippen LogP contribution in [0.4, 0.5) is 0 Å². The molecule has 0 amide bonds. The number of aliphatic hydroxyl groups excluding tert-OH is 10. The molecule has 0 aliphatic carbocycles. The van der Waals surface area contributed by atoms with Gasteiger partial charge in [0.2, 0.25) is 0 Å². The quantitative estimate of drug-likeness (QED) is 0.149. The van der Waals surface area contributed by atoms with Crippen LogP contribution in [0.25, 0.3) is 0 Å². The van der Waals surface area contributed by atoms with Crippen LogP contribution in [0, 0.1) is 0 Å². The number of hydrogen-bond donors (Lipinski definition) is 11. The molecule has 3 saturated heterocycles. The van der Waals surface area contributed by atoms with Crippen LogP contribution >= 0.6 is 0 Å². The second kappa shape index (κ2) is 11.5. The van der Waals surface area contributed by atoms with Crippen LogP contribution in [-0.4, -0.2) is 167 Å². The largest absolute Gasteiger partial charge is 0.479 e. The molecule has 0 radical (unpaired) electrons. The Balaban J connectivity index is 1.86. The fraction of sp³-hybridized carbons (Fsp3) is 0.944. The van der Waals surface area contributed by atoms with Crippen molar-refractivity contribution in [3.8, 4) is 0 Å². The topological polar surface area (TPSA) is 286 Å². The van der Waals surface area contributed by atoms with Crippen LogP contribution in [0.5, 0.6) is 0 Å². The third kappa shape index (κ3) is 5.59. The maximum absolute atomic E-state index is 11.5. The number of hydrogen-bond acceptors (Lipinski definition) is 16. The summed E-state index contributed by atoms with van der Waals surface area (Å²) in [5.41, 5.74) is 0. The number of carboxylic acid groups (broad SMARTS) is 1. The van der Waals surface area contributed by atoms with E-state index in [0.717, 1.165) is 0 Å². The summed E-state index contributed by atoms with van der Waals surface area (Å²) >= 11 is 0. The number of aliphatic carboxylic acids is 1. The van der Waals surface area contributed by atoms with Gasteiger partial charge in [0.15, 0.2) is 25.0 Å². The maximum atomic E-state index is 11.5. The van der Waals surface area contributed by atoms with Crippen LogP contribution in [0.2, 0.25) is 0 Å². The Morgan fingerprint density at radius 3 is 1.43 bits per heavy atom. The molecule has 0 spiro atoms. The minimum atomic E-state index is -2.18. The summed E-state index contributed by atoms with van der Waals surface area (Å²) in [5.74, 6) is -1.73. The summed E-state index contributed by atoms with van der Waals surface area (Å²) in [5, 5.41) is 109. The highest BCUT2D eigenvalue weighted by Crippen LogP contribution is 2.32. The molecule has 17 heteroatoms. The van der Waals surface area contributed by atoms with Gasteiger partial charge in [0, 0.05) is 0 Å². The van der Waals surface area contributed by atoms with Crippen molar-refractivity contribution < 1.29 is 84.7 Å². The van der Waals surface area contributed by atoms with E-state index >= 15 is 0 Å². The molecule has 0 saturated carbocycles. The molecule has 0 aromatic heterocycles. The molecule has 0 unspecified atom stereocenters. The fourth-order valence-corrected chi connectivity index (χ4v) is 4.01. The molecule has 204 valence electrons. The number of carboxylic acids is 1. The summed E-state index contributed by atoms with van der Waals surface area (Å²) in [7, 11) is 0. The van der Waals surface area contributed by atoms with Crippen LogP contribution in [-0.2, 0) is 28.5 Å². The predicted molar refractivity (Wildman–Crippen MR) is 102 cm³/mol. The van der Waals surface area contributed by atoms with E-state index in [1.807, 2.05) is 0 Å². The number of aliphatic hydroxyl groups is 10. The standard InChI is InChI=1S/C18H30O17/c19-1-3-5(21)7(23)9(25)17(31-3)34-12-11(27)13(15(28)29)33-16(30)14(12)35-18-10(26)8(24)6(22)4(2-20)32-18/h3-14,16-27,30H,1-2H2,(H,28,29)/t3-,4-,5+,6-,7+,8+,9-,10-,11+,12+,13+,14-,16-,17+,18+/m1/s1. The minimum Gasteiger partial charge on any atom is -0.479 e. The molecule has 3 fully saturated rings. The summed E-state index contributed by atoms with van der Waals surface area (Å²) in [6.07, 6.45) is -28.1. The number of carbonyl (C=O) groups is 1. The molecule has 11 N–H and O–H groups in total. The van der Waals surface area contributed by atoms with Gasteiger partial charge in [0.05, 0.1) is 13.2 Å². The molecule has 3 heterocycles. The van der Waals surface area contributed by atoms with Gasteiger partial charge in [-0.3, -0.25) is 0 Å². The van der Waals surface area contributed by atoms with Crippen molar-refractivity contribution in [2.24, 2.45) is 0 Å². The van der Waals surface area contributed by atoms with Crippen molar-refractivity contribution in [2.45, 2.75) is 92.1 Å². The lowest BCUT2D eigenvalue weighted by Gasteiger charge is -2.47. The van der Waals surface area contributed by atoms with E-state index in [0.29, 0.717) is 0 Å². The highest BCUT2D eigenvalue weighted by molar-refractivity contribution is 5.73. The fourth-order valence-electron chi connectivity index (χ4n) is 4.01. The summed E-state index contributed by atoms with van der Waals surface area (Å²) in [4.78, 5) is 11.5. The van der Waals surface area contributed by atoms with E-state index < -0.39 is 111 Å². The Hall–Kier alpha value is -1.13. The van der Waals surface area contributed by atoms with Crippen LogP contribution < -0.4 is 0 Å². The van der Waals surface area contributed by atoms with Crippen molar-refractivity contribution in [3.63, 3.8) is 0 Å². The third-order valence-corrected chi connectivity index (χ3v) is 6.06. The SMILES string of the molecule is O=C(O)[C@H]1O[C@@H](O)[C@H](O[C@@H]2O[C@H](CO)[C@@H](O)[C@H](O)[C@H]2O)[C@@H](O[C@@H]2O[C@H](CO)[C@H](O)[C@H](O)[C@H]2O)[C@@H]1O. The van der Waals surface area contributed by atoms with Crippen molar-refractivity contribution in [3.05, 3.63) is 0 Å². The summed E-state index contributed by atoms with van der Waals surface area (Å²) in [6, 6.07) is 0. The second-order valence-electron chi connectivity index (χ2n) is 8.37. The van der Waals surface area contributed by atoms with E-state index in [4.69, 9.17) is 23.7 Å². The van der Waals surface area contributed by atoms with Crippen LogP contribution in [0.3, 0.4) is 0 Å². The average Bonchev–Trinajstić information content (AvgIpc) is 2.82. The van der Waals surface area contributed by atoms with Gasteiger partial charge in [-0.1, -0.05) is 0 Å². The van der Waals surface area contributed by atoms with Crippen LogP contribution in [0.1, 0.15) is 0 Å². The van der Waals surface area contributed by atoms with Crippen molar-refractivity contribution >= 4 is 5.97 Å². The van der Waals surface area contributed by atoms with Gasteiger partial charge in [0.1, 0.15) is 67.1 Å². The first-order chi connectivity index (χ1) is 16.4. The predicted octanol–water partition coefficient (Wildman–Crippen LogP) is -7.48. The molecular weight excluding hydrogens is 488 g/mol. The Bertz CT molecular complexity index is 707. The molecule has 3 aliphatic heterocycles. The van der Waals surface area contributed by atoms with Gasteiger partial charge in [-0.05, 0) is 0 Å². The zero-order chi connectivity index (χ0) is 26.2. The zero-order valence-electron chi connectivity index (χ0n) is 17.9. The van der Waals surface area contributed by atoms with E-state index in [1.165, 1.54) is 0 Å². The normalized spacial score (nSPS) is 51.2. The first kappa shape index (κ1) is 28.4. The average molecular weight is 518 g/mol. The van der Waals surface area contributed by atoms with Gasteiger partial charge in [-0.25, -0.2) is 4.79 Å². The highest BCUT2D eigenvalue weighted by Gasteiger charge is 2.55. The van der Waals surface area contributed by atoms with Gasteiger partial charge in [-0.15, -0.1) is 0 Å². The van der Waals surface area contributed by atoms with Gasteiger partial charge < -0.3 is 79.9 Å². The van der Waals surface area contributed by atoms with Gasteiger partial charge >= 0.3 is 5.97 Å². The Morgan fingerprint density at radius 1 is 0.600 bits per heavy atom. The molecule has 17 nitrogen and oxygen atoms in total. The molecule has 3 aliphatic rings.